The summed E-state index contributed by atoms with van der Waals surface area (Å²) in [5.74, 6) is 0. The summed E-state index contributed by atoms with van der Waals surface area (Å²) in [6, 6.07) is 0. The first-order chi connectivity index (χ1) is 3.60. The molecule has 0 unspecified atom stereocenters. The molecule has 0 aliphatic carbocycles. The van der Waals surface area contributed by atoms with Crippen molar-refractivity contribution in [1.29, 1.82) is 0 Å². The predicted molar refractivity (Wildman–Crippen MR) is 34.4 cm³/mol. The van der Waals surface area contributed by atoms with Gasteiger partial charge in [-0.05, 0) is 6.92 Å². The molecule has 0 atom stereocenters. The minimum absolute atomic E-state index is 0. The van der Waals surface area contributed by atoms with Crippen LogP contribution in [0.4, 0.5) is 0 Å². The van der Waals surface area contributed by atoms with E-state index in [1.165, 1.54) is 0 Å². The number of quaternary nitrogens is 1. The zero-order valence-corrected chi connectivity index (χ0v) is 6.68. The van der Waals surface area contributed by atoms with Gasteiger partial charge in [0.05, 0.1) is 19.8 Å². The number of allylic oxidation sites excluding steroid dienone is 1. The summed E-state index contributed by atoms with van der Waals surface area (Å²) in [6.07, 6.45) is 4.08. The molecule has 0 aromatic heterocycles. The highest BCUT2D eigenvalue weighted by Gasteiger charge is 2.14. The number of halogens is 1. The number of nitrogens with zero attached hydrogens (tertiary/aromatic N) is 2. The van der Waals surface area contributed by atoms with Gasteiger partial charge in [-0.3, -0.25) is 0 Å². The zero-order chi connectivity index (χ0) is 6.20. The highest BCUT2D eigenvalue weighted by Crippen LogP contribution is 2.07. The highest BCUT2D eigenvalue weighted by atomic mass is 35.5. The van der Waals surface area contributed by atoms with Crippen molar-refractivity contribution in [2.75, 3.05) is 14.1 Å². The Bertz CT molecular complexity index is 158. The minimum Gasteiger partial charge on any atom is -1.00 e. The summed E-state index contributed by atoms with van der Waals surface area (Å²) < 4.78 is 0.645. The lowest BCUT2D eigenvalue weighted by molar-refractivity contribution is -0.843. The van der Waals surface area contributed by atoms with Crippen molar-refractivity contribution in [2.24, 2.45) is 5.10 Å². The molecule has 1 heterocycles. The second kappa shape index (κ2) is 2.50. The second-order valence-electron chi connectivity index (χ2n) is 2.54. The van der Waals surface area contributed by atoms with Crippen molar-refractivity contribution in [1.82, 2.24) is 0 Å². The average Bonchev–Trinajstić information content (AvgIpc) is 1.82. The lowest BCUT2D eigenvalue weighted by Crippen LogP contribution is -3.00. The predicted octanol–water partition coefficient (Wildman–Crippen LogP) is -2.03. The maximum Gasteiger partial charge on any atom is 0.124 e. The molecule has 0 spiro atoms. The first-order valence-electron chi connectivity index (χ1n) is 2.70. The van der Waals surface area contributed by atoms with E-state index in [4.69, 9.17) is 0 Å². The molecular weight excluding hydrogens is 136 g/mol. The molecule has 0 amide bonds. The van der Waals surface area contributed by atoms with Gasteiger partial charge in [-0.1, -0.05) is 5.10 Å². The van der Waals surface area contributed by atoms with Gasteiger partial charge in [-0.25, -0.2) is 0 Å². The van der Waals surface area contributed by atoms with E-state index in [-0.39, 0.29) is 12.4 Å². The van der Waals surface area contributed by atoms with Gasteiger partial charge in [0, 0.05) is 6.08 Å². The van der Waals surface area contributed by atoms with Crippen molar-refractivity contribution >= 4 is 5.71 Å². The summed E-state index contributed by atoms with van der Waals surface area (Å²) in [7, 11) is 4.07. The summed E-state index contributed by atoms with van der Waals surface area (Å²) in [4.78, 5) is 0. The Kier molecular flexibility index (Phi) is 2.40. The van der Waals surface area contributed by atoms with Crippen LogP contribution in [0, 0.1) is 0 Å². The van der Waals surface area contributed by atoms with Crippen molar-refractivity contribution in [3.63, 3.8) is 0 Å². The third-order valence-electron chi connectivity index (χ3n) is 1.10. The molecule has 1 aliphatic heterocycles. The monoisotopic (exact) mass is 146 g/mol. The maximum atomic E-state index is 4.26. The van der Waals surface area contributed by atoms with E-state index in [1.54, 1.807) is 0 Å². The number of rotatable bonds is 0. The van der Waals surface area contributed by atoms with Gasteiger partial charge in [-0.2, -0.15) is 4.59 Å². The van der Waals surface area contributed by atoms with Gasteiger partial charge >= 0.3 is 0 Å². The Balaban J connectivity index is 0.000000640. The van der Waals surface area contributed by atoms with Crippen LogP contribution in [0.1, 0.15) is 6.92 Å². The second-order valence-corrected chi connectivity index (χ2v) is 2.54. The Morgan fingerprint density at radius 3 is 2.11 bits per heavy atom. The molecule has 0 N–H and O–H groups in total. The van der Waals surface area contributed by atoms with E-state index >= 15 is 0 Å². The van der Waals surface area contributed by atoms with E-state index in [9.17, 15) is 0 Å². The van der Waals surface area contributed by atoms with Gasteiger partial charge < -0.3 is 12.4 Å². The van der Waals surface area contributed by atoms with Crippen LogP contribution < -0.4 is 12.4 Å². The Labute approximate surface area is 61.9 Å². The third-order valence-corrected chi connectivity index (χ3v) is 1.10. The third kappa shape index (κ3) is 2.16. The van der Waals surface area contributed by atoms with Crippen LogP contribution in [-0.4, -0.2) is 24.4 Å². The SMILES string of the molecule is CC1=N[N+](C)(C)C=C1.[Cl-]. The van der Waals surface area contributed by atoms with Crippen LogP contribution in [-0.2, 0) is 0 Å². The van der Waals surface area contributed by atoms with Crippen LogP contribution in [0.2, 0.25) is 0 Å². The lowest BCUT2D eigenvalue weighted by Gasteiger charge is -2.11. The van der Waals surface area contributed by atoms with Gasteiger partial charge in [0.25, 0.3) is 0 Å². The molecule has 0 radical (unpaired) electrons. The van der Waals surface area contributed by atoms with Crippen molar-refractivity contribution in [3.05, 3.63) is 12.3 Å². The largest absolute Gasteiger partial charge is 1.00 e. The molecule has 1 aliphatic rings. The first kappa shape index (κ1) is 8.66. The topological polar surface area (TPSA) is 12.4 Å². The fourth-order valence-electron chi connectivity index (χ4n) is 0.763. The lowest BCUT2D eigenvalue weighted by atomic mass is 10.4. The molecule has 0 aromatic rings. The molecule has 9 heavy (non-hydrogen) atoms. The highest BCUT2D eigenvalue weighted by molar-refractivity contribution is 5.92. The van der Waals surface area contributed by atoms with E-state index in [0.717, 1.165) is 5.71 Å². The van der Waals surface area contributed by atoms with Gasteiger partial charge in [-0.15, -0.1) is 0 Å². The van der Waals surface area contributed by atoms with Crippen LogP contribution in [0.3, 0.4) is 0 Å². The first-order valence-corrected chi connectivity index (χ1v) is 2.70. The molecule has 0 saturated carbocycles. The zero-order valence-electron chi connectivity index (χ0n) is 5.93. The molecule has 2 nitrogen and oxygen atoms in total. The molecular formula is C6H11ClN2. The van der Waals surface area contributed by atoms with Crippen LogP contribution in [0.5, 0.6) is 0 Å². The van der Waals surface area contributed by atoms with Crippen molar-refractivity contribution < 1.29 is 17.0 Å². The smallest absolute Gasteiger partial charge is 0.124 e. The van der Waals surface area contributed by atoms with Gasteiger partial charge in [0.1, 0.15) is 6.20 Å². The van der Waals surface area contributed by atoms with Crippen LogP contribution in [0.25, 0.3) is 0 Å². The van der Waals surface area contributed by atoms with Crippen molar-refractivity contribution in [3.8, 4) is 0 Å². The Morgan fingerprint density at radius 1 is 1.44 bits per heavy atom. The standard InChI is InChI=1S/C6H11N2.ClH/c1-6-4-5-8(2,3)7-6;/h4-5H,1-3H3;1H/q+1;/p-1. The maximum absolute atomic E-state index is 4.26. The summed E-state index contributed by atoms with van der Waals surface area (Å²) in [6.45, 7) is 2.00. The van der Waals surface area contributed by atoms with Gasteiger partial charge in [0.2, 0.25) is 0 Å². The summed E-state index contributed by atoms with van der Waals surface area (Å²) in [5.41, 5.74) is 1.11. The van der Waals surface area contributed by atoms with E-state index in [1.807, 2.05) is 27.1 Å². The van der Waals surface area contributed by atoms with Crippen LogP contribution in [0.15, 0.2) is 17.4 Å². The molecule has 0 saturated heterocycles. The molecule has 1 rings (SSSR count). The van der Waals surface area contributed by atoms with Crippen molar-refractivity contribution in [2.45, 2.75) is 6.92 Å². The number of hydrogen-bond acceptors (Lipinski definition) is 1. The van der Waals surface area contributed by atoms with Gasteiger partial charge in [0.15, 0.2) is 0 Å². The van der Waals surface area contributed by atoms with E-state index in [0.29, 0.717) is 4.59 Å². The fraction of sp³-hybridized carbons (Fsp3) is 0.500. The summed E-state index contributed by atoms with van der Waals surface area (Å²) >= 11 is 0. The molecule has 52 valence electrons. The van der Waals surface area contributed by atoms with Crippen LogP contribution >= 0.6 is 0 Å². The van der Waals surface area contributed by atoms with E-state index in [2.05, 4.69) is 11.3 Å². The Hall–Kier alpha value is -0.340. The number of hydrogen-bond donors (Lipinski definition) is 0. The molecule has 0 bridgehead atoms. The molecule has 0 fully saturated rings. The molecule has 3 heteroatoms. The van der Waals surface area contributed by atoms with E-state index < -0.39 is 0 Å². The minimum atomic E-state index is 0. The average molecular weight is 147 g/mol. The Morgan fingerprint density at radius 2 is 2.00 bits per heavy atom. The normalized spacial score (nSPS) is 21.0. The fourth-order valence-corrected chi connectivity index (χ4v) is 0.763. The quantitative estimate of drug-likeness (QED) is 0.350. The summed E-state index contributed by atoms with van der Waals surface area (Å²) in [5, 5.41) is 4.26. The molecule has 0 aromatic carbocycles.